The minimum Gasteiger partial charge on any atom is -0.451 e. The Bertz CT molecular complexity index is 826. The second-order valence-corrected chi connectivity index (χ2v) is 10.1. The van der Waals surface area contributed by atoms with Gasteiger partial charge in [-0.2, -0.15) is 0 Å². The number of Topliss-reactive ketones (excluding diaryl/α,β-unsaturated/α-hetero) is 1. The average Bonchev–Trinajstić information content (AvgIpc) is 2.90. The molecule has 0 N–H and O–H groups in total. The summed E-state index contributed by atoms with van der Waals surface area (Å²) >= 11 is 6.71. The molecule has 0 radical (unpaired) electrons. The number of halogens is 1. The van der Waals surface area contributed by atoms with Crippen molar-refractivity contribution in [2.45, 2.75) is 71.8 Å². The monoisotopic (exact) mass is 404 g/mol. The van der Waals surface area contributed by atoms with E-state index in [1.165, 1.54) is 6.92 Å². The average molecular weight is 405 g/mol. The van der Waals surface area contributed by atoms with Gasteiger partial charge in [-0.1, -0.05) is 31.5 Å². The fourth-order valence-corrected chi connectivity index (χ4v) is 7.55. The van der Waals surface area contributed by atoms with E-state index in [2.05, 4.69) is 19.9 Å². The minimum absolute atomic E-state index is 0.0490. The van der Waals surface area contributed by atoms with Crippen LogP contribution in [-0.4, -0.2) is 23.1 Å². The van der Waals surface area contributed by atoms with Gasteiger partial charge in [0.2, 0.25) is 0 Å². The number of carbonyl (C=O) groups excluding carboxylic acids is 3. The zero-order valence-electron chi connectivity index (χ0n) is 17.1. The van der Waals surface area contributed by atoms with Gasteiger partial charge in [0.15, 0.2) is 17.2 Å². The molecule has 2 fully saturated rings. The Balaban J connectivity index is 1.79. The van der Waals surface area contributed by atoms with E-state index in [0.29, 0.717) is 23.8 Å². The number of esters is 1. The molecule has 4 rings (SSSR count). The number of fused-ring (bicyclic) bond motifs is 5. The van der Waals surface area contributed by atoms with Crippen molar-refractivity contribution in [1.29, 1.82) is 0 Å². The number of allylic oxidation sites excluding steroid dienone is 4. The van der Waals surface area contributed by atoms with E-state index in [0.717, 1.165) is 31.3 Å². The van der Waals surface area contributed by atoms with Crippen LogP contribution in [-0.2, 0) is 19.1 Å². The molecule has 0 aromatic heterocycles. The highest BCUT2D eigenvalue weighted by Crippen LogP contribution is 2.68. The Morgan fingerprint density at radius 1 is 1.11 bits per heavy atom. The van der Waals surface area contributed by atoms with Crippen molar-refractivity contribution in [2.75, 3.05) is 0 Å². The Morgan fingerprint density at radius 2 is 1.79 bits per heavy atom. The second kappa shape index (κ2) is 6.29. The van der Waals surface area contributed by atoms with Crippen LogP contribution in [0.25, 0.3) is 0 Å². The van der Waals surface area contributed by atoms with E-state index in [1.54, 1.807) is 13.0 Å². The van der Waals surface area contributed by atoms with Gasteiger partial charge in [-0.15, -0.1) is 0 Å². The Labute approximate surface area is 171 Å². The first-order valence-electron chi connectivity index (χ1n) is 10.4. The van der Waals surface area contributed by atoms with Crippen LogP contribution in [0.1, 0.15) is 66.2 Å². The lowest BCUT2D eigenvalue weighted by Crippen LogP contribution is -2.58. The van der Waals surface area contributed by atoms with Gasteiger partial charge < -0.3 is 4.74 Å². The summed E-state index contributed by atoms with van der Waals surface area (Å²) in [6, 6.07) is 0. The summed E-state index contributed by atoms with van der Waals surface area (Å²) in [5.41, 5.74) is -0.532. The van der Waals surface area contributed by atoms with E-state index in [1.807, 2.05) is 0 Å². The van der Waals surface area contributed by atoms with Crippen LogP contribution in [0.2, 0.25) is 0 Å². The Morgan fingerprint density at radius 3 is 2.43 bits per heavy atom. The van der Waals surface area contributed by atoms with Crippen molar-refractivity contribution in [2.24, 2.45) is 28.6 Å². The molecule has 0 heterocycles. The molecule has 4 nitrogen and oxygen atoms in total. The van der Waals surface area contributed by atoms with Crippen molar-refractivity contribution in [1.82, 2.24) is 0 Å². The first kappa shape index (κ1) is 19.9. The van der Waals surface area contributed by atoms with Crippen LogP contribution in [0.15, 0.2) is 22.8 Å². The van der Waals surface area contributed by atoms with Gasteiger partial charge in [0.05, 0.1) is 0 Å². The fourth-order valence-electron chi connectivity index (χ4n) is 7.13. The largest absolute Gasteiger partial charge is 0.451 e. The predicted octanol–water partition coefficient (Wildman–Crippen LogP) is 4.75. The normalized spacial score (nSPS) is 44.6. The molecular formula is C23H29ClO4. The highest BCUT2D eigenvalue weighted by atomic mass is 35.5. The molecule has 0 amide bonds. The van der Waals surface area contributed by atoms with Crippen LogP contribution in [0.4, 0.5) is 0 Å². The summed E-state index contributed by atoms with van der Waals surface area (Å²) in [7, 11) is 0. The van der Waals surface area contributed by atoms with E-state index >= 15 is 0 Å². The van der Waals surface area contributed by atoms with Crippen LogP contribution >= 0.6 is 11.6 Å². The number of ketones is 2. The van der Waals surface area contributed by atoms with Crippen molar-refractivity contribution in [3.05, 3.63) is 22.8 Å². The Kier molecular flexibility index (Phi) is 4.46. The van der Waals surface area contributed by atoms with Gasteiger partial charge >= 0.3 is 5.97 Å². The molecule has 6 atom stereocenters. The maximum absolute atomic E-state index is 12.7. The molecule has 0 aliphatic heterocycles. The number of hydrogen-bond acceptors (Lipinski definition) is 4. The lowest BCUT2D eigenvalue weighted by atomic mass is 9.48. The molecule has 28 heavy (non-hydrogen) atoms. The summed E-state index contributed by atoms with van der Waals surface area (Å²) in [5, 5.41) is 0.689. The van der Waals surface area contributed by atoms with E-state index in [-0.39, 0.29) is 40.2 Å². The smallest absolute Gasteiger partial charge is 0.303 e. The van der Waals surface area contributed by atoms with Crippen LogP contribution in [0.5, 0.6) is 0 Å². The standard InChI is InChI=1S/C23H29ClO4/c1-13(25)23(28-14(2)26)10-7-18-16-12-20(24)19-11-15(27)5-8-21(19,3)17(16)6-9-22(18,23)4/h11-12,16-18H,5-10H2,1-4H3/t16-,17+,18+,21-,22+,23+/m1/s1. The van der Waals surface area contributed by atoms with Crippen molar-refractivity contribution < 1.29 is 19.1 Å². The molecule has 2 saturated carbocycles. The molecule has 0 unspecified atom stereocenters. The maximum atomic E-state index is 12.7. The summed E-state index contributed by atoms with van der Waals surface area (Å²) in [5.74, 6) is 0.584. The van der Waals surface area contributed by atoms with Gasteiger partial charge in [0.25, 0.3) is 0 Å². The summed E-state index contributed by atoms with van der Waals surface area (Å²) < 4.78 is 5.79. The predicted molar refractivity (Wildman–Crippen MR) is 107 cm³/mol. The summed E-state index contributed by atoms with van der Waals surface area (Å²) in [4.78, 5) is 36.6. The highest BCUT2D eigenvalue weighted by molar-refractivity contribution is 6.32. The molecular weight excluding hydrogens is 376 g/mol. The van der Waals surface area contributed by atoms with Gasteiger partial charge in [-0.3, -0.25) is 14.4 Å². The third-order valence-electron chi connectivity index (χ3n) is 8.56. The molecule has 0 saturated heterocycles. The van der Waals surface area contributed by atoms with Crippen molar-refractivity contribution >= 4 is 29.1 Å². The first-order chi connectivity index (χ1) is 13.0. The van der Waals surface area contributed by atoms with E-state index in [4.69, 9.17) is 16.3 Å². The third kappa shape index (κ3) is 2.46. The summed E-state index contributed by atoms with van der Waals surface area (Å²) in [6.45, 7) is 7.33. The molecule has 5 heteroatoms. The molecule has 0 bridgehead atoms. The van der Waals surface area contributed by atoms with Crippen LogP contribution < -0.4 is 0 Å². The highest BCUT2D eigenvalue weighted by Gasteiger charge is 2.67. The topological polar surface area (TPSA) is 60.4 Å². The van der Waals surface area contributed by atoms with Crippen LogP contribution in [0.3, 0.4) is 0 Å². The van der Waals surface area contributed by atoms with Gasteiger partial charge in [-0.05, 0) is 73.8 Å². The maximum Gasteiger partial charge on any atom is 0.303 e. The molecule has 4 aliphatic carbocycles. The molecule has 152 valence electrons. The van der Waals surface area contributed by atoms with Gasteiger partial charge in [0, 0.05) is 23.8 Å². The zero-order chi connectivity index (χ0) is 20.5. The molecule has 4 aliphatic rings. The molecule has 0 spiro atoms. The van der Waals surface area contributed by atoms with Crippen molar-refractivity contribution in [3.63, 3.8) is 0 Å². The minimum atomic E-state index is -1.03. The van der Waals surface area contributed by atoms with E-state index in [9.17, 15) is 14.4 Å². The quantitative estimate of drug-likeness (QED) is 0.623. The van der Waals surface area contributed by atoms with Gasteiger partial charge in [0.1, 0.15) is 0 Å². The van der Waals surface area contributed by atoms with Gasteiger partial charge in [-0.25, -0.2) is 0 Å². The lowest BCUT2D eigenvalue weighted by molar-refractivity contribution is -0.185. The van der Waals surface area contributed by atoms with Crippen molar-refractivity contribution in [3.8, 4) is 0 Å². The first-order valence-corrected chi connectivity index (χ1v) is 10.8. The Hall–Kier alpha value is -1.42. The zero-order valence-corrected chi connectivity index (χ0v) is 17.9. The summed E-state index contributed by atoms with van der Waals surface area (Å²) in [6.07, 6.45) is 8.48. The third-order valence-corrected chi connectivity index (χ3v) is 8.89. The van der Waals surface area contributed by atoms with E-state index < -0.39 is 5.60 Å². The number of hydrogen-bond donors (Lipinski definition) is 0. The SMILES string of the molecule is CC(=O)O[C@]1(C(C)=O)CC[C@H]2[C@@H]3C=C(Cl)C4=CC(=O)CC[C@]4(C)[C@H]3CC[C@@]21C. The molecule has 0 aromatic rings. The fraction of sp³-hybridized carbons (Fsp3) is 0.696. The lowest BCUT2D eigenvalue weighted by Gasteiger charge is -2.57. The second-order valence-electron chi connectivity index (χ2n) is 9.72. The number of rotatable bonds is 2. The number of ether oxygens (including phenoxy) is 1. The number of carbonyl (C=O) groups is 3. The van der Waals surface area contributed by atoms with Crippen LogP contribution in [0, 0.1) is 28.6 Å². The molecule has 0 aromatic carbocycles.